The van der Waals surface area contributed by atoms with Crippen LogP contribution in [-0.2, 0) is 0 Å². The third-order valence-electron chi connectivity index (χ3n) is 0.833. The highest BCUT2D eigenvalue weighted by Gasteiger charge is 1.89. The molecule has 1 rings (SSSR count). The Labute approximate surface area is 66.6 Å². The van der Waals surface area contributed by atoms with Crippen LogP contribution in [0, 0.1) is 6.92 Å². The number of anilines is 1. The molecule has 0 aliphatic heterocycles. The van der Waals surface area contributed by atoms with E-state index < -0.39 is 0 Å². The van der Waals surface area contributed by atoms with Gasteiger partial charge in [0.25, 0.3) is 0 Å². The maximum absolute atomic E-state index is 3.04. The van der Waals surface area contributed by atoms with Crippen molar-refractivity contribution in [2.75, 3.05) is 3.53 Å². The molecule has 8 heavy (non-hydrogen) atoms. The van der Waals surface area contributed by atoms with Crippen molar-refractivity contribution in [2.45, 2.75) is 6.92 Å². The van der Waals surface area contributed by atoms with Crippen LogP contribution >= 0.6 is 34.2 Å². The number of rotatable bonds is 1. The molecule has 1 aromatic heterocycles. The summed E-state index contributed by atoms with van der Waals surface area (Å²) in [6.07, 6.45) is 0. The molecule has 0 saturated carbocycles. The van der Waals surface area contributed by atoms with Crippen molar-refractivity contribution >= 4 is 39.2 Å². The molecule has 1 aromatic rings. The van der Waals surface area contributed by atoms with Crippen LogP contribution in [0.4, 0.5) is 5.00 Å². The Morgan fingerprint density at radius 3 is 2.62 bits per heavy atom. The molecule has 1 nitrogen and oxygen atoms in total. The summed E-state index contributed by atoms with van der Waals surface area (Å²) in [6, 6.07) is 4.18. The zero-order valence-electron chi connectivity index (χ0n) is 4.44. The fourth-order valence-electron chi connectivity index (χ4n) is 0.485. The molecular weight excluding hydrogens is 233 g/mol. The predicted octanol–water partition coefficient (Wildman–Crippen LogP) is 2.82. The minimum absolute atomic E-state index is 1.23. The van der Waals surface area contributed by atoms with E-state index in [1.165, 1.54) is 9.88 Å². The zero-order valence-corrected chi connectivity index (χ0v) is 7.41. The van der Waals surface area contributed by atoms with E-state index in [2.05, 4.69) is 45.5 Å². The van der Waals surface area contributed by atoms with Gasteiger partial charge in [0, 0.05) is 4.88 Å². The van der Waals surface area contributed by atoms with Crippen LogP contribution in [0.2, 0.25) is 0 Å². The normalized spacial score (nSPS) is 9.25. The van der Waals surface area contributed by atoms with E-state index in [9.17, 15) is 0 Å². The van der Waals surface area contributed by atoms with Crippen molar-refractivity contribution in [3.63, 3.8) is 0 Å². The zero-order chi connectivity index (χ0) is 5.98. The number of aryl methyl sites for hydroxylation is 1. The van der Waals surface area contributed by atoms with Crippen molar-refractivity contribution in [3.05, 3.63) is 17.0 Å². The van der Waals surface area contributed by atoms with E-state index in [1.54, 1.807) is 11.3 Å². The molecule has 0 bridgehead atoms. The minimum Gasteiger partial charge on any atom is -0.320 e. The summed E-state index contributed by atoms with van der Waals surface area (Å²) in [5, 5.41) is 1.23. The summed E-state index contributed by atoms with van der Waals surface area (Å²) >= 11 is 3.90. The lowest BCUT2D eigenvalue weighted by Gasteiger charge is -1.84. The summed E-state index contributed by atoms with van der Waals surface area (Å²) in [6.45, 7) is 2.10. The molecule has 3 heteroatoms. The highest BCUT2D eigenvalue weighted by Crippen LogP contribution is 2.21. The second-order valence-electron chi connectivity index (χ2n) is 1.50. The molecule has 0 amide bonds. The number of hydrogen-bond donors (Lipinski definition) is 1. The highest BCUT2D eigenvalue weighted by atomic mass is 127. The van der Waals surface area contributed by atoms with Crippen LogP contribution in [-0.4, -0.2) is 0 Å². The lowest BCUT2D eigenvalue weighted by molar-refractivity contribution is 1.64. The molecule has 0 saturated heterocycles. The van der Waals surface area contributed by atoms with Gasteiger partial charge in [-0.25, -0.2) is 0 Å². The lowest BCUT2D eigenvalue weighted by atomic mass is 10.5. The fourth-order valence-corrected chi connectivity index (χ4v) is 1.65. The van der Waals surface area contributed by atoms with Crippen molar-refractivity contribution in [3.8, 4) is 0 Å². The number of halogens is 1. The summed E-state index contributed by atoms with van der Waals surface area (Å²) < 4.78 is 3.04. The largest absolute Gasteiger partial charge is 0.320 e. The standard InChI is InChI=1S/C5H6INS/c1-4-2-3-5(7-6)8-4/h2-3,7H,1H3. The first-order valence-electron chi connectivity index (χ1n) is 2.26. The van der Waals surface area contributed by atoms with Crippen LogP contribution in [0.3, 0.4) is 0 Å². The van der Waals surface area contributed by atoms with Gasteiger partial charge >= 0.3 is 0 Å². The van der Waals surface area contributed by atoms with Gasteiger partial charge in [-0.05, 0) is 19.1 Å². The van der Waals surface area contributed by atoms with Crippen LogP contribution in [0.1, 0.15) is 4.88 Å². The SMILES string of the molecule is Cc1ccc(NI)s1. The quantitative estimate of drug-likeness (QED) is 0.587. The van der Waals surface area contributed by atoms with Crippen molar-refractivity contribution in [1.82, 2.24) is 0 Å². The average Bonchev–Trinajstić information content (AvgIpc) is 2.14. The van der Waals surface area contributed by atoms with Gasteiger partial charge in [-0.3, -0.25) is 0 Å². The van der Waals surface area contributed by atoms with E-state index >= 15 is 0 Å². The topological polar surface area (TPSA) is 12.0 Å². The number of nitrogens with one attached hydrogen (secondary N) is 1. The van der Waals surface area contributed by atoms with Gasteiger partial charge in [-0.15, -0.1) is 11.3 Å². The number of thiophene rings is 1. The summed E-state index contributed by atoms with van der Waals surface area (Å²) in [5.74, 6) is 0. The Morgan fingerprint density at radius 1 is 1.62 bits per heavy atom. The third-order valence-corrected chi connectivity index (χ3v) is 2.70. The molecule has 0 spiro atoms. The Morgan fingerprint density at radius 2 is 2.38 bits per heavy atom. The van der Waals surface area contributed by atoms with E-state index in [4.69, 9.17) is 0 Å². The van der Waals surface area contributed by atoms with Crippen molar-refractivity contribution in [2.24, 2.45) is 0 Å². The van der Waals surface area contributed by atoms with Gasteiger partial charge in [0.2, 0.25) is 0 Å². The molecule has 0 atom stereocenters. The predicted molar refractivity (Wildman–Crippen MR) is 46.7 cm³/mol. The van der Waals surface area contributed by atoms with Gasteiger partial charge in [0.1, 0.15) is 0 Å². The second-order valence-corrected chi connectivity index (χ2v) is 3.33. The maximum Gasteiger partial charge on any atom is 0.0972 e. The molecule has 1 N–H and O–H groups in total. The smallest absolute Gasteiger partial charge is 0.0972 e. The van der Waals surface area contributed by atoms with E-state index in [-0.39, 0.29) is 0 Å². The van der Waals surface area contributed by atoms with Gasteiger partial charge in [0.15, 0.2) is 0 Å². The van der Waals surface area contributed by atoms with Gasteiger partial charge in [-0.1, -0.05) is 0 Å². The highest BCUT2D eigenvalue weighted by molar-refractivity contribution is 14.1. The van der Waals surface area contributed by atoms with Crippen LogP contribution in [0.15, 0.2) is 12.1 Å². The molecule has 0 radical (unpaired) electrons. The first-order chi connectivity index (χ1) is 3.83. The minimum atomic E-state index is 1.23. The van der Waals surface area contributed by atoms with Crippen LogP contribution < -0.4 is 3.53 Å². The van der Waals surface area contributed by atoms with Crippen LogP contribution in [0.5, 0.6) is 0 Å². The first-order valence-corrected chi connectivity index (χ1v) is 4.15. The second kappa shape index (κ2) is 2.68. The Hall–Kier alpha value is 0.230. The van der Waals surface area contributed by atoms with Gasteiger partial charge in [-0.2, -0.15) is 0 Å². The molecule has 1 heterocycles. The molecule has 0 aromatic carbocycles. The summed E-state index contributed by atoms with van der Waals surface area (Å²) in [7, 11) is 0. The van der Waals surface area contributed by atoms with E-state index in [0.717, 1.165) is 0 Å². The Kier molecular flexibility index (Phi) is 2.13. The molecule has 0 aliphatic carbocycles. The summed E-state index contributed by atoms with van der Waals surface area (Å²) in [4.78, 5) is 1.35. The molecule has 44 valence electrons. The van der Waals surface area contributed by atoms with Crippen molar-refractivity contribution in [1.29, 1.82) is 0 Å². The Bertz CT molecular complexity index is 173. The average molecular weight is 239 g/mol. The summed E-state index contributed by atoms with van der Waals surface area (Å²) in [5.41, 5.74) is 0. The fraction of sp³-hybridized carbons (Fsp3) is 0.200. The monoisotopic (exact) mass is 239 g/mol. The Balaban J connectivity index is 2.84. The third kappa shape index (κ3) is 1.35. The maximum atomic E-state index is 3.04. The van der Waals surface area contributed by atoms with E-state index in [0.29, 0.717) is 0 Å². The molecular formula is C5H6INS. The van der Waals surface area contributed by atoms with E-state index in [1.807, 2.05) is 0 Å². The molecule has 0 unspecified atom stereocenters. The molecule has 0 fully saturated rings. The van der Waals surface area contributed by atoms with Gasteiger partial charge < -0.3 is 3.53 Å². The lowest BCUT2D eigenvalue weighted by Crippen LogP contribution is -1.65. The first kappa shape index (κ1) is 6.35. The molecule has 0 aliphatic rings. The van der Waals surface area contributed by atoms with Crippen LogP contribution in [0.25, 0.3) is 0 Å². The van der Waals surface area contributed by atoms with Gasteiger partial charge in [0.05, 0.1) is 27.9 Å². The van der Waals surface area contributed by atoms with Crippen molar-refractivity contribution < 1.29 is 0 Å². The number of hydrogen-bond acceptors (Lipinski definition) is 2.